The number of fused-ring (bicyclic) bond motifs is 1. The first-order valence-corrected chi connectivity index (χ1v) is 6.37. The first-order chi connectivity index (χ1) is 8.63. The van der Waals surface area contributed by atoms with E-state index in [0.29, 0.717) is 10.8 Å². The Bertz CT molecular complexity index is 662. The number of carboxylic acid groups (broad SMARTS) is 1. The number of aliphatic carboxylic acids is 1. The molecule has 2 aromatic rings. The molecule has 6 heteroatoms. The molecular weight excluding hydrogens is 252 g/mol. The minimum Gasteiger partial charge on any atom is -0.508 e. The zero-order valence-corrected chi connectivity index (χ0v) is 10.1. The number of rotatable bonds is 2. The Hall–Kier alpha value is -1.95. The third kappa shape index (κ3) is 1.84. The molecule has 1 aromatic carbocycles. The highest BCUT2D eigenvalue weighted by Gasteiger charge is 2.25. The van der Waals surface area contributed by atoms with Crippen LogP contribution in [0.1, 0.15) is 5.69 Å². The second-order valence-corrected chi connectivity index (χ2v) is 5.06. The van der Waals surface area contributed by atoms with Gasteiger partial charge in [-0.1, -0.05) is 0 Å². The molecule has 5 nitrogen and oxygen atoms in total. The number of aromatic nitrogens is 1. The maximum Gasteiger partial charge on any atom is 0.329 e. The van der Waals surface area contributed by atoms with Crippen LogP contribution in [0.5, 0.6) is 5.75 Å². The Morgan fingerprint density at radius 1 is 1.44 bits per heavy atom. The zero-order chi connectivity index (χ0) is 12.7. The van der Waals surface area contributed by atoms with Crippen molar-refractivity contribution in [1.29, 1.82) is 0 Å². The van der Waals surface area contributed by atoms with Gasteiger partial charge in [-0.3, -0.25) is 4.99 Å². The molecule has 0 unspecified atom stereocenters. The molecule has 1 atom stereocenters. The number of hydrogen-bond acceptors (Lipinski definition) is 4. The van der Waals surface area contributed by atoms with Crippen LogP contribution in [0.2, 0.25) is 0 Å². The number of aromatic amines is 1. The third-order valence-corrected chi connectivity index (χ3v) is 3.85. The SMILES string of the molecule is O=C(O)[C@H]1CSC(c2cc3ccc(O)cc3[nH]2)=N1. The number of thioether (sulfide) groups is 1. The van der Waals surface area contributed by atoms with Crippen LogP contribution >= 0.6 is 11.8 Å². The van der Waals surface area contributed by atoms with Gasteiger partial charge in [0.05, 0.1) is 5.69 Å². The Kier molecular flexibility index (Phi) is 2.52. The second kappa shape index (κ2) is 4.06. The average Bonchev–Trinajstić information content (AvgIpc) is 2.93. The van der Waals surface area contributed by atoms with Gasteiger partial charge in [-0.25, -0.2) is 4.79 Å². The summed E-state index contributed by atoms with van der Waals surface area (Å²) >= 11 is 1.43. The lowest BCUT2D eigenvalue weighted by Gasteiger charge is -1.94. The van der Waals surface area contributed by atoms with E-state index >= 15 is 0 Å². The van der Waals surface area contributed by atoms with E-state index in [4.69, 9.17) is 5.11 Å². The topological polar surface area (TPSA) is 85.7 Å². The molecule has 0 aliphatic carbocycles. The Morgan fingerprint density at radius 3 is 3.00 bits per heavy atom. The number of nitrogens with zero attached hydrogens (tertiary/aromatic N) is 1. The molecule has 1 aliphatic heterocycles. The van der Waals surface area contributed by atoms with Crippen molar-refractivity contribution in [3.63, 3.8) is 0 Å². The lowest BCUT2D eigenvalue weighted by Crippen LogP contribution is -2.17. The number of carboxylic acids is 1. The third-order valence-electron chi connectivity index (χ3n) is 2.77. The number of carbonyl (C=O) groups is 1. The first-order valence-electron chi connectivity index (χ1n) is 5.39. The number of phenolic OH excluding ortho intramolecular Hbond substituents is 1. The van der Waals surface area contributed by atoms with E-state index in [2.05, 4.69) is 9.98 Å². The molecule has 0 bridgehead atoms. The highest BCUT2D eigenvalue weighted by Crippen LogP contribution is 2.27. The summed E-state index contributed by atoms with van der Waals surface area (Å²) in [4.78, 5) is 18.1. The van der Waals surface area contributed by atoms with E-state index < -0.39 is 12.0 Å². The molecule has 0 saturated carbocycles. The van der Waals surface area contributed by atoms with Crippen LogP contribution in [0.15, 0.2) is 29.3 Å². The molecule has 0 saturated heterocycles. The molecule has 0 amide bonds. The van der Waals surface area contributed by atoms with Crippen molar-refractivity contribution < 1.29 is 15.0 Å². The van der Waals surface area contributed by atoms with Gasteiger partial charge >= 0.3 is 5.97 Å². The quantitative estimate of drug-likeness (QED) is 0.770. The summed E-state index contributed by atoms with van der Waals surface area (Å²) in [7, 11) is 0. The molecule has 3 N–H and O–H groups in total. The fourth-order valence-corrected chi connectivity index (χ4v) is 2.88. The molecule has 3 rings (SSSR count). The van der Waals surface area contributed by atoms with Gasteiger partial charge in [0.25, 0.3) is 0 Å². The Balaban J connectivity index is 2.00. The van der Waals surface area contributed by atoms with Gasteiger partial charge in [-0.05, 0) is 18.2 Å². The molecule has 0 fully saturated rings. The Morgan fingerprint density at radius 2 is 2.28 bits per heavy atom. The van der Waals surface area contributed by atoms with Crippen LogP contribution in [0.3, 0.4) is 0 Å². The molecule has 92 valence electrons. The summed E-state index contributed by atoms with van der Waals surface area (Å²) in [5, 5.41) is 19.9. The van der Waals surface area contributed by atoms with Crippen LogP contribution in [-0.4, -0.2) is 38.0 Å². The molecule has 0 radical (unpaired) electrons. The molecule has 18 heavy (non-hydrogen) atoms. The molecule has 0 spiro atoms. The van der Waals surface area contributed by atoms with Crippen LogP contribution in [0.4, 0.5) is 0 Å². The summed E-state index contributed by atoms with van der Waals surface area (Å²) in [6.07, 6.45) is 0. The lowest BCUT2D eigenvalue weighted by atomic mass is 10.2. The minimum absolute atomic E-state index is 0.195. The summed E-state index contributed by atoms with van der Waals surface area (Å²) in [5.74, 6) is -0.239. The summed E-state index contributed by atoms with van der Waals surface area (Å²) in [5.41, 5.74) is 1.61. The van der Waals surface area contributed by atoms with Gasteiger partial charge < -0.3 is 15.2 Å². The first kappa shape index (κ1) is 11.2. The van der Waals surface area contributed by atoms with E-state index in [1.54, 1.807) is 18.2 Å². The van der Waals surface area contributed by atoms with Crippen LogP contribution in [0.25, 0.3) is 10.9 Å². The van der Waals surface area contributed by atoms with Crippen molar-refractivity contribution in [2.75, 3.05) is 5.75 Å². The summed E-state index contributed by atoms with van der Waals surface area (Å²) < 4.78 is 0. The predicted molar refractivity (Wildman–Crippen MR) is 70.4 cm³/mol. The van der Waals surface area contributed by atoms with E-state index in [1.807, 2.05) is 6.07 Å². The zero-order valence-electron chi connectivity index (χ0n) is 9.25. The molecule has 2 heterocycles. The largest absolute Gasteiger partial charge is 0.508 e. The highest BCUT2D eigenvalue weighted by molar-refractivity contribution is 8.14. The van der Waals surface area contributed by atoms with Gasteiger partial charge in [-0.2, -0.15) is 0 Å². The fraction of sp³-hybridized carbons (Fsp3) is 0.167. The highest BCUT2D eigenvalue weighted by atomic mass is 32.2. The van der Waals surface area contributed by atoms with E-state index in [1.165, 1.54) is 11.8 Å². The number of benzene rings is 1. The van der Waals surface area contributed by atoms with E-state index in [9.17, 15) is 9.90 Å². The maximum absolute atomic E-state index is 10.8. The molecule has 1 aromatic heterocycles. The number of aromatic hydroxyl groups is 1. The van der Waals surface area contributed by atoms with Gasteiger partial charge in [0, 0.05) is 22.7 Å². The monoisotopic (exact) mass is 262 g/mol. The number of phenols is 1. The standard InChI is InChI=1S/C12H10N2O3S/c15-7-2-1-6-3-9(13-8(6)4-7)11-14-10(5-18-11)12(16)17/h1-4,10,13,15H,5H2,(H,16,17)/t10-/m1/s1. The van der Waals surface area contributed by atoms with Crippen LogP contribution in [0, 0.1) is 0 Å². The van der Waals surface area contributed by atoms with E-state index in [-0.39, 0.29) is 5.75 Å². The average molecular weight is 262 g/mol. The smallest absolute Gasteiger partial charge is 0.329 e. The van der Waals surface area contributed by atoms with Crippen molar-refractivity contribution in [2.45, 2.75) is 6.04 Å². The minimum atomic E-state index is -0.897. The molecule has 1 aliphatic rings. The number of hydrogen-bond donors (Lipinski definition) is 3. The van der Waals surface area contributed by atoms with Crippen molar-refractivity contribution in [1.82, 2.24) is 4.98 Å². The van der Waals surface area contributed by atoms with Gasteiger partial charge in [0.15, 0.2) is 6.04 Å². The fourth-order valence-electron chi connectivity index (χ4n) is 1.88. The number of nitrogens with one attached hydrogen (secondary N) is 1. The molecular formula is C12H10N2O3S. The van der Waals surface area contributed by atoms with Gasteiger partial charge in [0.2, 0.25) is 0 Å². The van der Waals surface area contributed by atoms with Gasteiger partial charge in [-0.15, -0.1) is 11.8 Å². The van der Waals surface area contributed by atoms with Crippen molar-refractivity contribution >= 4 is 33.7 Å². The Labute approximate surface area is 107 Å². The predicted octanol–water partition coefficient (Wildman–Crippen LogP) is 1.82. The van der Waals surface area contributed by atoms with E-state index in [0.717, 1.165) is 16.6 Å². The van der Waals surface area contributed by atoms with Crippen molar-refractivity contribution in [3.8, 4) is 5.75 Å². The van der Waals surface area contributed by atoms with Crippen LogP contribution in [-0.2, 0) is 4.79 Å². The van der Waals surface area contributed by atoms with Crippen LogP contribution < -0.4 is 0 Å². The van der Waals surface area contributed by atoms with Crippen molar-refractivity contribution in [2.24, 2.45) is 4.99 Å². The van der Waals surface area contributed by atoms with Gasteiger partial charge in [0.1, 0.15) is 10.8 Å². The number of H-pyrrole nitrogens is 1. The summed E-state index contributed by atoms with van der Waals surface area (Å²) in [6, 6.07) is 6.30. The summed E-state index contributed by atoms with van der Waals surface area (Å²) in [6.45, 7) is 0. The lowest BCUT2D eigenvalue weighted by molar-refractivity contribution is -0.137. The normalized spacial score (nSPS) is 19.1. The maximum atomic E-state index is 10.8. The second-order valence-electron chi connectivity index (χ2n) is 4.05. The van der Waals surface area contributed by atoms with Crippen molar-refractivity contribution in [3.05, 3.63) is 30.0 Å². The number of aliphatic imine (C=N–C) groups is 1.